The molecule has 0 fully saturated rings. The summed E-state index contributed by atoms with van der Waals surface area (Å²) in [6.07, 6.45) is 3.39. The standard InChI is InChI=1S/C14H10N4O/c19-14-15-9-16-18(14)13-10-5-1-2-6-11(10)17-8-4-3-7-12(13)17/h1-9H,(H,15,16,19). The topological polar surface area (TPSA) is 55.1 Å². The zero-order chi connectivity index (χ0) is 12.8. The SMILES string of the molecule is O=c1[nH]cnn1-c1c2ccccc2n2ccccc12. The molecule has 4 rings (SSSR count). The minimum Gasteiger partial charge on any atom is -0.314 e. The van der Waals surface area contributed by atoms with Gasteiger partial charge in [0, 0.05) is 11.6 Å². The number of fused-ring (bicyclic) bond motifs is 3. The number of H-pyrrole nitrogens is 1. The lowest BCUT2D eigenvalue weighted by Crippen LogP contribution is -2.15. The first kappa shape index (κ1) is 10.1. The van der Waals surface area contributed by atoms with Crippen molar-refractivity contribution < 1.29 is 0 Å². The summed E-state index contributed by atoms with van der Waals surface area (Å²) in [6.45, 7) is 0. The molecule has 4 aromatic rings. The Morgan fingerprint density at radius 2 is 1.79 bits per heavy atom. The van der Waals surface area contributed by atoms with Crippen LogP contribution in [0.25, 0.3) is 22.1 Å². The molecule has 0 atom stereocenters. The van der Waals surface area contributed by atoms with Gasteiger partial charge in [0.25, 0.3) is 0 Å². The Morgan fingerprint density at radius 3 is 2.63 bits per heavy atom. The molecule has 1 N–H and O–H groups in total. The van der Waals surface area contributed by atoms with Gasteiger partial charge in [-0.2, -0.15) is 9.78 Å². The molecule has 0 aliphatic heterocycles. The van der Waals surface area contributed by atoms with Crippen molar-refractivity contribution in [1.82, 2.24) is 19.2 Å². The van der Waals surface area contributed by atoms with Gasteiger partial charge in [-0.3, -0.25) is 4.98 Å². The molecular weight excluding hydrogens is 240 g/mol. The van der Waals surface area contributed by atoms with E-state index in [-0.39, 0.29) is 5.69 Å². The first-order valence-electron chi connectivity index (χ1n) is 5.97. The molecule has 3 heterocycles. The predicted molar refractivity (Wildman–Crippen MR) is 72.6 cm³/mol. The Bertz CT molecular complexity index is 891. The molecule has 0 unspecified atom stereocenters. The smallest absolute Gasteiger partial charge is 0.314 e. The highest BCUT2D eigenvalue weighted by Gasteiger charge is 2.14. The van der Waals surface area contributed by atoms with Crippen molar-refractivity contribution in [3.05, 3.63) is 65.5 Å². The molecule has 92 valence electrons. The second-order valence-corrected chi connectivity index (χ2v) is 4.33. The van der Waals surface area contributed by atoms with Crippen LogP contribution < -0.4 is 5.69 Å². The largest absolute Gasteiger partial charge is 0.347 e. The maximum atomic E-state index is 11.8. The molecule has 0 bridgehead atoms. The highest BCUT2D eigenvalue weighted by Crippen LogP contribution is 2.28. The Balaban J connectivity index is 2.30. The van der Waals surface area contributed by atoms with Crippen molar-refractivity contribution >= 4 is 16.4 Å². The van der Waals surface area contributed by atoms with E-state index >= 15 is 0 Å². The van der Waals surface area contributed by atoms with E-state index in [0.717, 1.165) is 22.1 Å². The molecule has 5 heteroatoms. The van der Waals surface area contributed by atoms with Gasteiger partial charge >= 0.3 is 5.69 Å². The number of rotatable bonds is 1. The lowest BCUT2D eigenvalue weighted by molar-refractivity contribution is 0.854. The summed E-state index contributed by atoms with van der Waals surface area (Å²) >= 11 is 0. The molecule has 0 saturated heterocycles. The highest BCUT2D eigenvalue weighted by molar-refractivity contribution is 5.98. The number of aromatic nitrogens is 4. The second-order valence-electron chi connectivity index (χ2n) is 4.33. The minimum absolute atomic E-state index is 0.234. The van der Waals surface area contributed by atoms with E-state index in [1.807, 2.05) is 48.7 Å². The van der Waals surface area contributed by atoms with Gasteiger partial charge in [-0.05, 0) is 18.2 Å². The number of para-hydroxylation sites is 1. The molecule has 0 amide bonds. The zero-order valence-electron chi connectivity index (χ0n) is 9.95. The highest BCUT2D eigenvalue weighted by atomic mass is 16.1. The van der Waals surface area contributed by atoms with Gasteiger partial charge < -0.3 is 4.40 Å². The zero-order valence-corrected chi connectivity index (χ0v) is 9.95. The van der Waals surface area contributed by atoms with E-state index in [1.165, 1.54) is 11.0 Å². The van der Waals surface area contributed by atoms with E-state index < -0.39 is 0 Å². The summed E-state index contributed by atoms with van der Waals surface area (Å²) in [5, 5.41) is 5.10. The van der Waals surface area contributed by atoms with E-state index in [4.69, 9.17) is 0 Å². The van der Waals surface area contributed by atoms with Crippen LogP contribution in [0.2, 0.25) is 0 Å². The third-order valence-electron chi connectivity index (χ3n) is 3.29. The molecule has 5 nitrogen and oxygen atoms in total. The van der Waals surface area contributed by atoms with Crippen LogP contribution in [0.5, 0.6) is 0 Å². The number of aromatic amines is 1. The van der Waals surface area contributed by atoms with Gasteiger partial charge in [0.2, 0.25) is 0 Å². The molecule has 0 radical (unpaired) electrons. The van der Waals surface area contributed by atoms with Crippen LogP contribution in [0.3, 0.4) is 0 Å². The Hall–Kier alpha value is -2.82. The van der Waals surface area contributed by atoms with Crippen LogP contribution in [0.1, 0.15) is 0 Å². The van der Waals surface area contributed by atoms with Crippen LogP contribution >= 0.6 is 0 Å². The number of nitrogens with zero attached hydrogens (tertiary/aromatic N) is 3. The maximum absolute atomic E-state index is 11.8. The average molecular weight is 250 g/mol. The fourth-order valence-corrected chi connectivity index (χ4v) is 2.51. The fraction of sp³-hybridized carbons (Fsp3) is 0. The summed E-state index contributed by atoms with van der Waals surface area (Å²) in [6, 6.07) is 13.9. The minimum atomic E-state index is -0.234. The first-order valence-corrected chi connectivity index (χ1v) is 5.97. The number of hydrogen-bond donors (Lipinski definition) is 1. The molecule has 19 heavy (non-hydrogen) atoms. The molecular formula is C14H10N4O. The van der Waals surface area contributed by atoms with Gasteiger partial charge in [0.1, 0.15) is 12.0 Å². The van der Waals surface area contributed by atoms with Crippen LogP contribution in [0.4, 0.5) is 0 Å². The number of pyridine rings is 1. The van der Waals surface area contributed by atoms with Crippen molar-refractivity contribution in [1.29, 1.82) is 0 Å². The Labute approximate surface area is 107 Å². The van der Waals surface area contributed by atoms with Gasteiger partial charge in [-0.15, -0.1) is 0 Å². The van der Waals surface area contributed by atoms with Crippen LogP contribution in [-0.4, -0.2) is 19.2 Å². The van der Waals surface area contributed by atoms with Gasteiger partial charge in [0.05, 0.1) is 11.0 Å². The molecule has 0 aliphatic carbocycles. The number of benzene rings is 1. The first-order chi connectivity index (χ1) is 9.36. The van der Waals surface area contributed by atoms with Gasteiger partial charge in [-0.1, -0.05) is 24.3 Å². The van der Waals surface area contributed by atoms with Crippen molar-refractivity contribution in [2.45, 2.75) is 0 Å². The summed E-state index contributed by atoms with van der Waals surface area (Å²) in [5.74, 6) is 0. The van der Waals surface area contributed by atoms with E-state index in [0.29, 0.717) is 0 Å². The van der Waals surface area contributed by atoms with E-state index in [2.05, 4.69) is 14.5 Å². The second kappa shape index (κ2) is 3.58. The van der Waals surface area contributed by atoms with Crippen LogP contribution in [-0.2, 0) is 0 Å². The molecule has 0 aliphatic rings. The normalized spacial score (nSPS) is 11.4. The van der Waals surface area contributed by atoms with E-state index in [9.17, 15) is 4.79 Å². The van der Waals surface area contributed by atoms with Crippen LogP contribution in [0, 0.1) is 0 Å². The fourth-order valence-electron chi connectivity index (χ4n) is 2.51. The third-order valence-corrected chi connectivity index (χ3v) is 3.29. The Morgan fingerprint density at radius 1 is 1.00 bits per heavy atom. The average Bonchev–Trinajstić information content (AvgIpc) is 3.00. The number of hydrogen-bond acceptors (Lipinski definition) is 2. The number of nitrogens with one attached hydrogen (secondary N) is 1. The summed E-state index contributed by atoms with van der Waals surface area (Å²) < 4.78 is 3.46. The van der Waals surface area contributed by atoms with Crippen molar-refractivity contribution in [2.75, 3.05) is 0 Å². The summed E-state index contributed by atoms with van der Waals surface area (Å²) in [7, 11) is 0. The molecule has 3 aromatic heterocycles. The predicted octanol–water partition coefficient (Wildman–Crippen LogP) is 1.97. The summed E-state index contributed by atoms with van der Waals surface area (Å²) in [4.78, 5) is 14.4. The quantitative estimate of drug-likeness (QED) is 0.561. The Kier molecular flexibility index (Phi) is 1.91. The monoisotopic (exact) mass is 250 g/mol. The van der Waals surface area contributed by atoms with Crippen molar-refractivity contribution in [2.24, 2.45) is 0 Å². The van der Waals surface area contributed by atoms with Crippen molar-refractivity contribution in [3.63, 3.8) is 0 Å². The van der Waals surface area contributed by atoms with Crippen LogP contribution in [0.15, 0.2) is 59.8 Å². The van der Waals surface area contributed by atoms with Crippen molar-refractivity contribution in [3.8, 4) is 5.69 Å². The lowest BCUT2D eigenvalue weighted by Gasteiger charge is -1.98. The summed E-state index contributed by atoms with van der Waals surface area (Å²) in [5.41, 5.74) is 2.59. The lowest BCUT2D eigenvalue weighted by atomic mass is 10.2. The maximum Gasteiger partial charge on any atom is 0.347 e. The molecule has 0 saturated carbocycles. The third kappa shape index (κ3) is 1.29. The van der Waals surface area contributed by atoms with Gasteiger partial charge in [0.15, 0.2) is 0 Å². The molecule has 0 spiro atoms. The molecule has 1 aromatic carbocycles. The van der Waals surface area contributed by atoms with E-state index in [1.54, 1.807) is 0 Å². The van der Waals surface area contributed by atoms with Gasteiger partial charge in [-0.25, -0.2) is 4.79 Å².